The second-order valence-corrected chi connectivity index (χ2v) is 7.81. The van der Waals surface area contributed by atoms with Crippen LogP contribution in [0.2, 0.25) is 5.02 Å². The number of aromatic amines is 1. The third-order valence-electron chi connectivity index (χ3n) is 4.69. The van der Waals surface area contributed by atoms with Gasteiger partial charge < -0.3 is 10.6 Å². The third kappa shape index (κ3) is 2.07. The minimum Gasteiger partial charge on any atom is -0.324 e. The number of H-pyrrole nitrogens is 1. The molecule has 0 radical (unpaired) electrons. The van der Waals surface area contributed by atoms with Crippen LogP contribution in [0.4, 0.5) is 11.5 Å². The maximum atomic E-state index is 13.0. The Morgan fingerprint density at radius 1 is 1.24 bits per heavy atom. The fraction of sp³-hybridized carbons (Fsp3) is 0.312. The van der Waals surface area contributed by atoms with Crippen LogP contribution < -0.4 is 16.2 Å². The van der Waals surface area contributed by atoms with Gasteiger partial charge in [-0.1, -0.05) is 11.6 Å². The molecule has 0 aliphatic carbocycles. The highest BCUT2D eigenvalue weighted by Crippen LogP contribution is 2.51. The maximum absolute atomic E-state index is 13.0. The zero-order valence-electron chi connectivity index (χ0n) is 13.4. The number of carbonyl (C=O) groups excluding carboxylic acids is 2. The number of carbonyl (C=O) groups is 2. The van der Waals surface area contributed by atoms with Crippen LogP contribution in [0.25, 0.3) is 0 Å². The van der Waals surface area contributed by atoms with E-state index in [1.807, 2.05) is 13.8 Å². The standard InChI is InChI=1S/C16H14BrClN4O3/c1-6(2)22-13-11(14(24)21-22)16(5-10(23)19-13)8-3-7(18)4-9(17)12(8)20-15(16)25/h3-4,6H,5H2,1-2H3,(H,19,23)(H,20,25)(H,21,24). The number of halogens is 2. The van der Waals surface area contributed by atoms with E-state index >= 15 is 0 Å². The Kier molecular flexibility index (Phi) is 3.42. The number of nitrogens with one attached hydrogen (secondary N) is 3. The first-order valence-electron chi connectivity index (χ1n) is 7.71. The van der Waals surface area contributed by atoms with Crippen LogP contribution in [0.5, 0.6) is 0 Å². The largest absolute Gasteiger partial charge is 0.324 e. The molecule has 1 unspecified atom stereocenters. The normalized spacial score (nSPS) is 21.3. The van der Waals surface area contributed by atoms with Crippen molar-refractivity contribution in [3.05, 3.63) is 43.1 Å². The molecule has 0 bridgehead atoms. The van der Waals surface area contributed by atoms with Crippen molar-refractivity contribution in [1.82, 2.24) is 9.78 Å². The van der Waals surface area contributed by atoms with E-state index in [0.29, 0.717) is 26.6 Å². The van der Waals surface area contributed by atoms with Gasteiger partial charge in [-0.2, -0.15) is 0 Å². The average molecular weight is 426 g/mol. The van der Waals surface area contributed by atoms with Crippen molar-refractivity contribution < 1.29 is 9.59 Å². The number of hydrogen-bond donors (Lipinski definition) is 3. The number of anilines is 2. The summed E-state index contributed by atoms with van der Waals surface area (Å²) in [6, 6.07) is 3.20. The lowest BCUT2D eigenvalue weighted by molar-refractivity contribution is -0.125. The molecule has 9 heteroatoms. The summed E-state index contributed by atoms with van der Waals surface area (Å²) >= 11 is 9.56. The fourth-order valence-corrected chi connectivity index (χ4v) is 4.57. The smallest absolute Gasteiger partial charge is 0.270 e. The van der Waals surface area contributed by atoms with Gasteiger partial charge in [0.1, 0.15) is 11.2 Å². The van der Waals surface area contributed by atoms with E-state index in [9.17, 15) is 14.4 Å². The molecule has 3 heterocycles. The van der Waals surface area contributed by atoms with E-state index in [4.69, 9.17) is 11.6 Å². The molecule has 1 aromatic heterocycles. The van der Waals surface area contributed by atoms with E-state index in [0.717, 1.165) is 0 Å². The number of benzene rings is 1. The fourth-order valence-electron chi connectivity index (χ4n) is 3.66. The first-order valence-corrected chi connectivity index (χ1v) is 8.88. The Hall–Kier alpha value is -2.06. The summed E-state index contributed by atoms with van der Waals surface area (Å²) in [4.78, 5) is 38.2. The summed E-state index contributed by atoms with van der Waals surface area (Å²) in [5, 5.41) is 8.66. The lowest BCUT2D eigenvalue weighted by atomic mass is 9.71. The van der Waals surface area contributed by atoms with Crippen LogP contribution in [-0.2, 0) is 15.0 Å². The lowest BCUT2D eigenvalue weighted by Crippen LogP contribution is -2.46. The number of hydrogen-bond acceptors (Lipinski definition) is 3. The van der Waals surface area contributed by atoms with Crippen molar-refractivity contribution in [2.75, 3.05) is 10.6 Å². The van der Waals surface area contributed by atoms with Gasteiger partial charge >= 0.3 is 0 Å². The van der Waals surface area contributed by atoms with Gasteiger partial charge in [-0.05, 0) is 47.5 Å². The lowest BCUT2D eigenvalue weighted by Gasteiger charge is -2.31. The van der Waals surface area contributed by atoms with Crippen LogP contribution in [0.1, 0.15) is 37.4 Å². The van der Waals surface area contributed by atoms with Gasteiger partial charge in [0.2, 0.25) is 11.8 Å². The molecule has 4 rings (SSSR count). The van der Waals surface area contributed by atoms with Crippen LogP contribution >= 0.6 is 27.5 Å². The molecule has 0 fully saturated rings. The van der Waals surface area contributed by atoms with E-state index in [2.05, 4.69) is 31.7 Å². The minimum atomic E-state index is -1.39. The Morgan fingerprint density at radius 2 is 1.96 bits per heavy atom. The molecule has 2 aliphatic rings. The van der Waals surface area contributed by atoms with Crippen LogP contribution in [0.3, 0.4) is 0 Å². The molecule has 2 aliphatic heterocycles. The highest BCUT2D eigenvalue weighted by molar-refractivity contribution is 9.10. The Balaban J connectivity index is 2.11. The zero-order chi connectivity index (χ0) is 18.1. The van der Waals surface area contributed by atoms with E-state index in [1.54, 1.807) is 16.8 Å². The predicted octanol–water partition coefficient (Wildman–Crippen LogP) is 2.75. The molecule has 2 amide bonds. The number of rotatable bonds is 1. The minimum absolute atomic E-state index is 0.0954. The zero-order valence-corrected chi connectivity index (χ0v) is 15.7. The van der Waals surface area contributed by atoms with Crippen molar-refractivity contribution in [3.63, 3.8) is 0 Å². The number of fused-ring (bicyclic) bond motifs is 4. The van der Waals surface area contributed by atoms with Gasteiger partial charge in [0.15, 0.2) is 0 Å². The van der Waals surface area contributed by atoms with Gasteiger partial charge in [-0.25, -0.2) is 0 Å². The van der Waals surface area contributed by atoms with Gasteiger partial charge in [0.25, 0.3) is 5.56 Å². The molecule has 2 aromatic rings. The van der Waals surface area contributed by atoms with Gasteiger partial charge in [-0.3, -0.25) is 24.2 Å². The monoisotopic (exact) mass is 424 g/mol. The molecule has 25 heavy (non-hydrogen) atoms. The number of nitrogens with zero attached hydrogens (tertiary/aromatic N) is 1. The van der Waals surface area contributed by atoms with Gasteiger partial charge in [-0.15, -0.1) is 0 Å². The summed E-state index contributed by atoms with van der Waals surface area (Å²) < 4.78 is 2.17. The Morgan fingerprint density at radius 3 is 2.64 bits per heavy atom. The third-order valence-corrected chi connectivity index (χ3v) is 5.54. The molecular weight excluding hydrogens is 412 g/mol. The second-order valence-electron chi connectivity index (χ2n) is 6.52. The summed E-state index contributed by atoms with van der Waals surface area (Å²) in [5.41, 5.74) is -0.491. The summed E-state index contributed by atoms with van der Waals surface area (Å²) in [5.74, 6) is -0.413. The van der Waals surface area contributed by atoms with Crippen LogP contribution in [-0.4, -0.2) is 21.6 Å². The quantitative estimate of drug-likeness (QED) is 0.655. The van der Waals surface area contributed by atoms with Crippen LogP contribution in [0, 0.1) is 0 Å². The highest BCUT2D eigenvalue weighted by atomic mass is 79.9. The molecule has 3 N–H and O–H groups in total. The van der Waals surface area contributed by atoms with Crippen molar-refractivity contribution in [1.29, 1.82) is 0 Å². The van der Waals surface area contributed by atoms with E-state index < -0.39 is 16.9 Å². The van der Waals surface area contributed by atoms with Crippen molar-refractivity contribution in [2.24, 2.45) is 0 Å². The summed E-state index contributed by atoms with van der Waals surface area (Å²) in [6.45, 7) is 3.75. The number of aromatic nitrogens is 2. The highest BCUT2D eigenvalue weighted by Gasteiger charge is 2.56. The first-order chi connectivity index (χ1) is 11.8. The topological polar surface area (TPSA) is 96.0 Å². The molecule has 1 spiro atoms. The molecule has 130 valence electrons. The first kappa shape index (κ1) is 16.4. The SMILES string of the molecule is CC(C)n1[nH]c(=O)c2c1NC(=O)CC21C(=O)Nc2c(Br)cc(Cl)cc21. The van der Waals surface area contributed by atoms with Gasteiger partial charge in [0.05, 0.1) is 17.7 Å². The van der Waals surface area contributed by atoms with Crippen molar-refractivity contribution in [3.8, 4) is 0 Å². The molecule has 1 atom stereocenters. The van der Waals surface area contributed by atoms with Gasteiger partial charge in [0, 0.05) is 15.5 Å². The maximum Gasteiger partial charge on any atom is 0.270 e. The van der Waals surface area contributed by atoms with E-state index in [1.165, 1.54) is 0 Å². The Bertz CT molecular complexity index is 1010. The predicted molar refractivity (Wildman–Crippen MR) is 97.2 cm³/mol. The molecule has 0 saturated carbocycles. The van der Waals surface area contributed by atoms with E-state index in [-0.39, 0.29) is 23.9 Å². The molecule has 0 saturated heterocycles. The Labute approximate surface area is 155 Å². The average Bonchev–Trinajstić information content (AvgIpc) is 2.97. The number of amides is 2. The molecular formula is C16H14BrClN4O3. The summed E-state index contributed by atoms with van der Waals surface area (Å²) in [6.07, 6.45) is -0.156. The van der Waals surface area contributed by atoms with Crippen molar-refractivity contribution >= 4 is 50.9 Å². The molecule has 7 nitrogen and oxygen atoms in total. The van der Waals surface area contributed by atoms with Crippen LogP contribution in [0.15, 0.2) is 21.4 Å². The summed E-state index contributed by atoms with van der Waals surface area (Å²) in [7, 11) is 0. The second kappa shape index (κ2) is 5.22. The van der Waals surface area contributed by atoms with Crippen molar-refractivity contribution in [2.45, 2.75) is 31.7 Å². The molecule has 1 aromatic carbocycles.